The van der Waals surface area contributed by atoms with E-state index in [9.17, 15) is 8.42 Å². The molecule has 0 amide bonds. The van der Waals surface area contributed by atoms with Crippen molar-refractivity contribution in [2.24, 2.45) is 0 Å². The zero-order valence-electron chi connectivity index (χ0n) is 12.2. The van der Waals surface area contributed by atoms with Crippen LogP contribution in [-0.4, -0.2) is 33.7 Å². The summed E-state index contributed by atoms with van der Waals surface area (Å²) in [4.78, 5) is 0. The third-order valence-corrected chi connectivity index (χ3v) is 5.48. The Morgan fingerprint density at radius 2 is 2.00 bits per heavy atom. The number of ether oxygens (including phenoxy) is 1. The van der Waals surface area contributed by atoms with E-state index in [1.807, 2.05) is 0 Å². The van der Waals surface area contributed by atoms with Gasteiger partial charge in [-0.25, -0.2) is 13.1 Å². The highest BCUT2D eigenvalue weighted by molar-refractivity contribution is 7.89. The molecule has 21 heavy (non-hydrogen) atoms. The van der Waals surface area contributed by atoms with Crippen molar-refractivity contribution in [1.29, 1.82) is 0 Å². The van der Waals surface area contributed by atoms with E-state index >= 15 is 0 Å². The molecule has 0 aliphatic heterocycles. The molecule has 1 heterocycles. The van der Waals surface area contributed by atoms with Crippen LogP contribution in [0.1, 0.15) is 37.9 Å². The second-order valence-corrected chi connectivity index (χ2v) is 7.51. The molecule has 2 N–H and O–H groups in total. The molecule has 2 atom stereocenters. The standard InChI is InChI=1S/C14H22N2O4S/c1-19-12-5-4-11(8-12)16-21(17,18)14-7-6-13(20-14)9-15-10-2-3-10/h6-7,10-12,15-16H,2-5,8-9H2,1H3. The van der Waals surface area contributed by atoms with E-state index in [0.717, 1.165) is 12.8 Å². The van der Waals surface area contributed by atoms with Crippen molar-refractivity contribution < 1.29 is 17.6 Å². The first kappa shape index (κ1) is 15.0. The highest BCUT2D eigenvalue weighted by Crippen LogP contribution is 2.24. The molecule has 2 unspecified atom stereocenters. The lowest BCUT2D eigenvalue weighted by atomic mass is 10.3. The van der Waals surface area contributed by atoms with Gasteiger partial charge in [0.2, 0.25) is 5.09 Å². The number of furan rings is 1. The monoisotopic (exact) mass is 314 g/mol. The number of methoxy groups -OCH3 is 1. The van der Waals surface area contributed by atoms with Crippen LogP contribution in [0.25, 0.3) is 0 Å². The maximum absolute atomic E-state index is 12.3. The minimum atomic E-state index is -3.58. The van der Waals surface area contributed by atoms with Crippen LogP contribution >= 0.6 is 0 Å². The van der Waals surface area contributed by atoms with Gasteiger partial charge in [0, 0.05) is 19.2 Å². The van der Waals surface area contributed by atoms with Crippen LogP contribution in [-0.2, 0) is 21.3 Å². The highest BCUT2D eigenvalue weighted by Gasteiger charge is 2.30. The molecule has 0 bridgehead atoms. The van der Waals surface area contributed by atoms with Crippen LogP contribution in [0.4, 0.5) is 0 Å². The zero-order valence-corrected chi connectivity index (χ0v) is 13.0. The van der Waals surface area contributed by atoms with Gasteiger partial charge >= 0.3 is 0 Å². The number of rotatable bonds is 7. The predicted octanol–water partition coefficient (Wildman–Crippen LogP) is 1.38. The molecule has 3 rings (SSSR count). The Morgan fingerprint density at radius 3 is 2.67 bits per heavy atom. The van der Waals surface area contributed by atoms with Crippen molar-refractivity contribution in [2.75, 3.05) is 7.11 Å². The van der Waals surface area contributed by atoms with Crippen molar-refractivity contribution in [3.8, 4) is 0 Å². The van der Waals surface area contributed by atoms with E-state index in [1.54, 1.807) is 13.2 Å². The van der Waals surface area contributed by atoms with Gasteiger partial charge in [-0.15, -0.1) is 0 Å². The van der Waals surface area contributed by atoms with Crippen molar-refractivity contribution >= 4 is 10.0 Å². The maximum atomic E-state index is 12.3. The van der Waals surface area contributed by atoms with Crippen LogP contribution in [0, 0.1) is 0 Å². The van der Waals surface area contributed by atoms with Gasteiger partial charge in [0.25, 0.3) is 10.0 Å². The number of sulfonamides is 1. The van der Waals surface area contributed by atoms with Crippen molar-refractivity contribution in [3.05, 3.63) is 17.9 Å². The molecule has 0 radical (unpaired) electrons. The average Bonchev–Trinajstić information content (AvgIpc) is 2.98. The van der Waals surface area contributed by atoms with Gasteiger partial charge in [-0.05, 0) is 44.2 Å². The molecule has 2 fully saturated rings. The highest BCUT2D eigenvalue weighted by atomic mass is 32.2. The van der Waals surface area contributed by atoms with Gasteiger partial charge in [0.1, 0.15) is 5.76 Å². The maximum Gasteiger partial charge on any atom is 0.274 e. The molecule has 118 valence electrons. The summed E-state index contributed by atoms with van der Waals surface area (Å²) < 4.78 is 38.0. The minimum Gasteiger partial charge on any atom is -0.447 e. The van der Waals surface area contributed by atoms with Gasteiger partial charge < -0.3 is 14.5 Å². The Morgan fingerprint density at radius 1 is 1.24 bits per heavy atom. The largest absolute Gasteiger partial charge is 0.447 e. The molecule has 0 aromatic carbocycles. The summed E-state index contributed by atoms with van der Waals surface area (Å²) in [5.74, 6) is 0.656. The van der Waals surface area contributed by atoms with E-state index in [4.69, 9.17) is 9.15 Å². The van der Waals surface area contributed by atoms with Crippen LogP contribution < -0.4 is 10.0 Å². The first-order valence-corrected chi connectivity index (χ1v) is 8.92. The zero-order chi connectivity index (χ0) is 14.9. The molecule has 2 saturated carbocycles. The van der Waals surface area contributed by atoms with Gasteiger partial charge in [-0.3, -0.25) is 0 Å². The lowest BCUT2D eigenvalue weighted by Crippen LogP contribution is -2.33. The van der Waals surface area contributed by atoms with Crippen LogP contribution in [0.3, 0.4) is 0 Å². The second kappa shape index (κ2) is 6.08. The first-order chi connectivity index (χ1) is 10.1. The molecule has 1 aromatic rings. The lowest BCUT2D eigenvalue weighted by Gasteiger charge is -2.11. The lowest BCUT2D eigenvalue weighted by molar-refractivity contribution is 0.107. The molecule has 0 spiro atoms. The van der Waals surface area contributed by atoms with Crippen LogP contribution in [0.5, 0.6) is 0 Å². The fourth-order valence-electron chi connectivity index (χ4n) is 2.67. The van der Waals surface area contributed by atoms with E-state index in [-0.39, 0.29) is 17.2 Å². The Labute approximate surface area is 125 Å². The van der Waals surface area contributed by atoms with Crippen LogP contribution in [0.2, 0.25) is 0 Å². The summed E-state index contributed by atoms with van der Waals surface area (Å²) in [6.07, 6.45) is 4.93. The molecule has 6 nitrogen and oxygen atoms in total. The first-order valence-electron chi connectivity index (χ1n) is 7.44. The molecule has 1 aromatic heterocycles. The number of nitrogens with one attached hydrogen (secondary N) is 2. The Hall–Kier alpha value is -0.890. The van der Waals surface area contributed by atoms with E-state index in [2.05, 4.69) is 10.0 Å². The quantitative estimate of drug-likeness (QED) is 0.794. The fraction of sp³-hybridized carbons (Fsp3) is 0.714. The van der Waals surface area contributed by atoms with Gasteiger partial charge in [0.15, 0.2) is 0 Å². The summed E-state index contributed by atoms with van der Waals surface area (Å²) >= 11 is 0. The summed E-state index contributed by atoms with van der Waals surface area (Å²) in [5.41, 5.74) is 0. The molecule has 2 aliphatic rings. The molecular formula is C14H22N2O4S. The third kappa shape index (κ3) is 3.85. The van der Waals surface area contributed by atoms with Crippen molar-refractivity contribution in [2.45, 2.75) is 61.9 Å². The van der Waals surface area contributed by atoms with Crippen LogP contribution in [0.15, 0.2) is 21.6 Å². The average molecular weight is 314 g/mol. The van der Waals surface area contributed by atoms with E-state index in [0.29, 0.717) is 24.8 Å². The van der Waals surface area contributed by atoms with Gasteiger partial charge in [0.05, 0.1) is 12.6 Å². The fourth-order valence-corrected chi connectivity index (χ4v) is 3.90. The number of hydrogen-bond acceptors (Lipinski definition) is 5. The van der Waals surface area contributed by atoms with E-state index < -0.39 is 10.0 Å². The molecule has 7 heteroatoms. The Bertz CT molecular complexity index is 580. The molecule has 2 aliphatic carbocycles. The normalized spacial score (nSPS) is 26.3. The second-order valence-electron chi connectivity index (χ2n) is 5.86. The molecular weight excluding hydrogens is 292 g/mol. The van der Waals surface area contributed by atoms with Gasteiger partial charge in [-0.1, -0.05) is 0 Å². The Balaban J connectivity index is 1.58. The Kier molecular flexibility index (Phi) is 4.35. The smallest absolute Gasteiger partial charge is 0.274 e. The van der Waals surface area contributed by atoms with Gasteiger partial charge in [-0.2, -0.15) is 0 Å². The minimum absolute atomic E-state index is 0.00374. The third-order valence-electron chi connectivity index (χ3n) is 4.08. The topological polar surface area (TPSA) is 80.6 Å². The summed E-state index contributed by atoms with van der Waals surface area (Å²) in [7, 11) is -1.92. The number of hydrogen-bond donors (Lipinski definition) is 2. The van der Waals surface area contributed by atoms with Crippen molar-refractivity contribution in [1.82, 2.24) is 10.0 Å². The summed E-state index contributed by atoms with van der Waals surface area (Å²) in [6, 6.07) is 3.74. The van der Waals surface area contributed by atoms with Crippen molar-refractivity contribution in [3.63, 3.8) is 0 Å². The SMILES string of the molecule is COC1CCC(NS(=O)(=O)c2ccc(CNC3CC3)o2)C1. The predicted molar refractivity (Wildman–Crippen MR) is 77.3 cm³/mol. The van der Waals surface area contributed by atoms with E-state index in [1.165, 1.54) is 18.9 Å². The molecule has 0 saturated heterocycles. The summed E-state index contributed by atoms with van der Waals surface area (Å²) in [6.45, 7) is 0.579. The summed E-state index contributed by atoms with van der Waals surface area (Å²) in [5, 5.41) is 3.29.